The lowest BCUT2D eigenvalue weighted by Crippen LogP contribution is -2.31. The number of hydrogen-bond acceptors (Lipinski definition) is 6. The number of halogens is 1. The van der Waals surface area contributed by atoms with Crippen molar-refractivity contribution in [3.05, 3.63) is 71.0 Å². The van der Waals surface area contributed by atoms with Crippen molar-refractivity contribution < 1.29 is 22.7 Å². The molecular formula is C23H24ClN3O5S. The van der Waals surface area contributed by atoms with Crippen molar-refractivity contribution >= 4 is 27.6 Å². The van der Waals surface area contributed by atoms with Crippen LogP contribution in [0, 0.1) is 0 Å². The molecule has 0 spiro atoms. The van der Waals surface area contributed by atoms with Crippen molar-refractivity contribution in [2.75, 3.05) is 6.61 Å². The van der Waals surface area contributed by atoms with Crippen molar-refractivity contribution in [1.29, 1.82) is 0 Å². The molecule has 1 aromatic heterocycles. The molecule has 0 radical (unpaired) electrons. The van der Waals surface area contributed by atoms with Gasteiger partial charge in [0, 0.05) is 16.3 Å². The van der Waals surface area contributed by atoms with E-state index < -0.39 is 16.1 Å². The lowest BCUT2D eigenvalue weighted by molar-refractivity contribution is -0.144. The van der Waals surface area contributed by atoms with E-state index in [-0.39, 0.29) is 17.4 Å². The highest BCUT2D eigenvalue weighted by atomic mass is 35.5. The van der Waals surface area contributed by atoms with Gasteiger partial charge in [0.15, 0.2) is 0 Å². The molecule has 1 aliphatic carbocycles. The van der Waals surface area contributed by atoms with Crippen LogP contribution in [0.3, 0.4) is 0 Å². The number of rotatable bonds is 8. The minimum atomic E-state index is -3.77. The zero-order chi connectivity index (χ0) is 23.4. The highest BCUT2D eigenvalue weighted by molar-refractivity contribution is 7.89. The average molecular weight is 490 g/mol. The molecule has 0 aliphatic heterocycles. The zero-order valence-corrected chi connectivity index (χ0v) is 19.6. The SMILES string of the molecule is CCOC(=O)Cn1ncc2c1CCCC2NS(=O)(=O)c1ccc(Oc2ccc(Cl)cc2)cc1. The number of hydrogen-bond donors (Lipinski definition) is 1. The van der Waals surface area contributed by atoms with E-state index in [1.54, 1.807) is 54.2 Å². The molecule has 2 aromatic carbocycles. The molecule has 10 heteroatoms. The van der Waals surface area contributed by atoms with E-state index in [2.05, 4.69) is 9.82 Å². The molecule has 0 saturated heterocycles. The molecule has 174 valence electrons. The number of sulfonamides is 1. The first-order chi connectivity index (χ1) is 15.9. The minimum absolute atomic E-state index is 0.0116. The summed E-state index contributed by atoms with van der Waals surface area (Å²) in [7, 11) is -3.77. The first kappa shape index (κ1) is 23.3. The maximum Gasteiger partial charge on any atom is 0.327 e. The second-order valence-electron chi connectivity index (χ2n) is 7.60. The second kappa shape index (κ2) is 9.94. The van der Waals surface area contributed by atoms with Crippen LogP contribution in [0.2, 0.25) is 5.02 Å². The van der Waals surface area contributed by atoms with Gasteiger partial charge in [-0.05, 0) is 74.7 Å². The minimum Gasteiger partial charge on any atom is -0.465 e. The fourth-order valence-electron chi connectivity index (χ4n) is 3.79. The van der Waals surface area contributed by atoms with E-state index in [0.29, 0.717) is 29.5 Å². The van der Waals surface area contributed by atoms with Crippen LogP contribution in [-0.4, -0.2) is 30.8 Å². The maximum atomic E-state index is 13.0. The van der Waals surface area contributed by atoms with Gasteiger partial charge in [-0.2, -0.15) is 5.10 Å². The summed E-state index contributed by atoms with van der Waals surface area (Å²) < 4.78 is 41.1. The van der Waals surface area contributed by atoms with Crippen molar-refractivity contribution in [1.82, 2.24) is 14.5 Å². The molecule has 0 fully saturated rings. The van der Waals surface area contributed by atoms with Crippen molar-refractivity contribution in [3.8, 4) is 11.5 Å². The van der Waals surface area contributed by atoms with Gasteiger partial charge in [-0.25, -0.2) is 13.1 Å². The van der Waals surface area contributed by atoms with Crippen LogP contribution in [0.5, 0.6) is 11.5 Å². The van der Waals surface area contributed by atoms with Crippen molar-refractivity contribution in [2.24, 2.45) is 0 Å². The molecule has 4 rings (SSSR count). The van der Waals surface area contributed by atoms with Gasteiger partial charge in [0.2, 0.25) is 10.0 Å². The lowest BCUT2D eigenvalue weighted by Gasteiger charge is -2.24. The summed E-state index contributed by atoms with van der Waals surface area (Å²) in [6.45, 7) is 2.06. The van der Waals surface area contributed by atoms with Gasteiger partial charge in [0.05, 0.1) is 23.7 Å². The number of carbonyl (C=O) groups is 1. The van der Waals surface area contributed by atoms with Crippen LogP contribution in [-0.2, 0) is 32.5 Å². The Morgan fingerprint density at radius 1 is 1.15 bits per heavy atom. The molecule has 3 aromatic rings. The van der Waals surface area contributed by atoms with Gasteiger partial charge in [-0.15, -0.1) is 0 Å². The first-order valence-corrected chi connectivity index (χ1v) is 12.5. The molecular weight excluding hydrogens is 466 g/mol. The summed E-state index contributed by atoms with van der Waals surface area (Å²) in [6.07, 6.45) is 3.78. The van der Waals surface area contributed by atoms with Gasteiger partial charge in [-0.1, -0.05) is 11.6 Å². The largest absolute Gasteiger partial charge is 0.465 e. The molecule has 1 unspecified atom stereocenters. The molecule has 1 heterocycles. The summed E-state index contributed by atoms with van der Waals surface area (Å²) in [6, 6.07) is 12.7. The number of aromatic nitrogens is 2. The number of benzene rings is 2. The number of ether oxygens (including phenoxy) is 2. The third kappa shape index (κ3) is 5.55. The summed E-state index contributed by atoms with van der Waals surface area (Å²) in [4.78, 5) is 12.0. The molecule has 0 bridgehead atoms. The topological polar surface area (TPSA) is 99.5 Å². The molecule has 1 aliphatic rings. The summed E-state index contributed by atoms with van der Waals surface area (Å²) in [5, 5.41) is 4.89. The summed E-state index contributed by atoms with van der Waals surface area (Å²) in [5.74, 6) is 0.742. The summed E-state index contributed by atoms with van der Waals surface area (Å²) in [5.41, 5.74) is 1.64. The monoisotopic (exact) mass is 489 g/mol. The predicted octanol–water partition coefficient (Wildman–Crippen LogP) is 4.25. The number of carbonyl (C=O) groups excluding carboxylic acids is 1. The van der Waals surface area contributed by atoms with Crippen LogP contribution in [0.4, 0.5) is 0 Å². The first-order valence-electron chi connectivity index (χ1n) is 10.6. The van der Waals surface area contributed by atoms with Gasteiger partial charge < -0.3 is 9.47 Å². The predicted molar refractivity (Wildman–Crippen MR) is 123 cm³/mol. The van der Waals surface area contributed by atoms with E-state index >= 15 is 0 Å². The number of esters is 1. The Kier molecular flexibility index (Phi) is 7.02. The Morgan fingerprint density at radius 3 is 2.48 bits per heavy atom. The van der Waals surface area contributed by atoms with E-state index in [0.717, 1.165) is 24.1 Å². The van der Waals surface area contributed by atoms with Crippen LogP contribution >= 0.6 is 11.6 Å². The highest BCUT2D eigenvalue weighted by Gasteiger charge is 2.29. The average Bonchev–Trinajstić information content (AvgIpc) is 3.19. The smallest absolute Gasteiger partial charge is 0.327 e. The van der Waals surface area contributed by atoms with E-state index in [4.69, 9.17) is 21.1 Å². The van der Waals surface area contributed by atoms with E-state index in [9.17, 15) is 13.2 Å². The van der Waals surface area contributed by atoms with Gasteiger partial charge >= 0.3 is 5.97 Å². The number of nitrogens with zero attached hydrogens (tertiary/aromatic N) is 2. The molecule has 1 N–H and O–H groups in total. The lowest BCUT2D eigenvalue weighted by atomic mass is 9.94. The summed E-state index contributed by atoms with van der Waals surface area (Å²) >= 11 is 5.88. The van der Waals surface area contributed by atoms with Crippen molar-refractivity contribution in [2.45, 2.75) is 43.7 Å². The van der Waals surface area contributed by atoms with Crippen LogP contribution in [0.1, 0.15) is 37.1 Å². The third-order valence-corrected chi connectivity index (χ3v) is 7.07. The Hall–Kier alpha value is -2.88. The van der Waals surface area contributed by atoms with E-state index in [1.807, 2.05) is 0 Å². The fraction of sp³-hybridized carbons (Fsp3) is 0.304. The zero-order valence-electron chi connectivity index (χ0n) is 18.0. The van der Waals surface area contributed by atoms with Crippen molar-refractivity contribution in [3.63, 3.8) is 0 Å². The van der Waals surface area contributed by atoms with Crippen LogP contribution in [0.25, 0.3) is 0 Å². The molecule has 0 saturated carbocycles. The van der Waals surface area contributed by atoms with Gasteiger partial charge in [0.1, 0.15) is 18.0 Å². The molecule has 8 nitrogen and oxygen atoms in total. The van der Waals surface area contributed by atoms with Gasteiger partial charge in [0.25, 0.3) is 0 Å². The highest BCUT2D eigenvalue weighted by Crippen LogP contribution is 2.31. The molecule has 0 amide bonds. The van der Waals surface area contributed by atoms with Gasteiger partial charge in [-0.3, -0.25) is 9.48 Å². The quantitative estimate of drug-likeness (QED) is 0.475. The fourth-order valence-corrected chi connectivity index (χ4v) is 5.16. The maximum absolute atomic E-state index is 13.0. The third-order valence-electron chi connectivity index (χ3n) is 5.33. The molecule has 1 atom stereocenters. The molecule has 33 heavy (non-hydrogen) atoms. The Balaban J connectivity index is 1.46. The van der Waals surface area contributed by atoms with E-state index in [1.165, 1.54) is 12.1 Å². The Labute approximate surface area is 197 Å². The Morgan fingerprint density at radius 2 is 1.82 bits per heavy atom. The number of nitrogens with one attached hydrogen (secondary N) is 1. The van der Waals surface area contributed by atoms with Crippen LogP contribution < -0.4 is 9.46 Å². The number of fused-ring (bicyclic) bond motifs is 1. The standard InChI is InChI=1S/C23H24ClN3O5S/c1-2-31-23(28)15-27-22-5-3-4-21(20(22)14-25-27)26-33(29,30)19-12-10-18(11-13-19)32-17-8-6-16(24)7-9-17/h6-14,21,26H,2-5,15H2,1H3. The van der Waals surface area contributed by atoms with Crippen LogP contribution in [0.15, 0.2) is 59.6 Å². The Bertz CT molecular complexity index is 1220. The second-order valence-corrected chi connectivity index (χ2v) is 9.75. The normalized spacial score (nSPS) is 15.6.